The fraction of sp³-hybridized carbons (Fsp3) is 0.250. The third kappa shape index (κ3) is 2.02. The number of hydrogen-bond donors (Lipinski definition) is 0. The molecule has 2 aromatic heterocycles. The van der Waals surface area contributed by atoms with Crippen LogP contribution in [0.1, 0.15) is 12.0 Å². The van der Waals surface area contributed by atoms with Gasteiger partial charge in [0.2, 0.25) is 6.29 Å². The summed E-state index contributed by atoms with van der Waals surface area (Å²) >= 11 is 0. The molecule has 1 aliphatic heterocycles. The molecule has 1 aromatic carbocycles. The molecular formula is C16H15N3O2. The SMILES string of the molecule is Cn1nc(-c2cccnc2C2OCCO2)c2ccccc21. The van der Waals surface area contributed by atoms with Gasteiger partial charge in [0.15, 0.2) is 0 Å². The van der Waals surface area contributed by atoms with E-state index >= 15 is 0 Å². The summed E-state index contributed by atoms with van der Waals surface area (Å²) in [7, 11) is 1.95. The molecule has 0 unspecified atom stereocenters. The number of rotatable bonds is 2. The average Bonchev–Trinajstić information content (AvgIpc) is 3.16. The Morgan fingerprint density at radius 1 is 1.10 bits per heavy atom. The van der Waals surface area contributed by atoms with Crippen molar-refractivity contribution in [3.63, 3.8) is 0 Å². The first-order chi connectivity index (χ1) is 10.3. The van der Waals surface area contributed by atoms with E-state index in [4.69, 9.17) is 9.47 Å². The number of hydrogen-bond acceptors (Lipinski definition) is 4. The predicted molar refractivity (Wildman–Crippen MR) is 78.6 cm³/mol. The number of benzene rings is 1. The van der Waals surface area contributed by atoms with Crippen LogP contribution in [0.15, 0.2) is 42.6 Å². The number of para-hydroxylation sites is 1. The Bertz CT molecular complexity index is 791. The van der Waals surface area contributed by atoms with E-state index in [0.717, 1.165) is 27.9 Å². The van der Waals surface area contributed by atoms with Crippen molar-refractivity contribution >= 4 is 10.9 Å². The molecule has 0 amide bonds. The number of fused-ring (bicyclic) bond motifs is 1. The highest BCUT2D eigenvalue weighted by Crippen LogP contribution is 2.34. The number of nitrogens with zero attached hydrogens (tertiary/aromatic N) is 3. The smallest absolute Gasteiger partial charge is 0.201 e. The standard InChI is InChI=1S/C16H15N3O2/c1-19-13-7-3-2-5-11(13)14(18-19)12-6-4-8-17-15(12)16-20-9-10-21-16/h2-8,16H,9-10H2,1H3. The van der Waals surface area contributed by atoms with Crippen molar-refractivity contribution in [1.29, 1.82) is 0 Å². The minimum atomic E-state index is -0.401. The van der Waals surface area contributed by atoms with Crippen molar-refractivity contribution < 1.29 is 9.47 Å². The van der Waals surface area contributed by atoms with E-state index < -0.39 is 6.29 Å². The van der Waals surface area contributed by atoms with Gasteiger partial charge in [-0.15, -0.1) is 0 Å². The maximum atomic E-state index is 5.60. The molecule has 3 aromatic rings. The molecule has 5 nitrogen and oxygen atoms in total. The van der Waals surface area contributed by atoms with Crippen LogP contribution in [0.25, 0.3) is 22.2 Å². The monoisotopic (exact) mass is 281 g/mol. The maximum absolute atomic E-state index is 5.60. The van der Waals surface area contributed by atoms with Crippen LogP contribution in [0, 0.1) is 0 Å². The highest BCUT2D eigenvalue weighted by Gasteiger charge is 2.25. The Balaban J connectivity index is 1.93. The first-order valence-electron chi connectivity index (χ1n) is 6.95. The lowest BCUT2D eigenvalue weighted by atomic mass is 10.1. The third-order valence-corrected chi connectivity index (χ3v) is 3.70. The highest BCUT2D eigenvalue weighted by molar-refractivity contribution is 5.93. The van der Waals surface area contributed by atoms with Gasteiger partial charge in [0, 0.05) is 24.2 Å². The van der Waals surface area contributed by atoms with Crippen molar-refractivity contribution in [3.8, 4) is 11.3 Å². The van der Waals surface area contributed by atoms with Crippen molar-refractivity contribution in [2.24, 2.45) is 7.05 Å². The molecule has 0 spiro atoms. The van der Waals surface area contributed by atoms with Gasteiger partial charge in [-0.25, -0.2) is 0 Å². The van der Waals surface area contributed by atoms with Gasteiger partial charge < -0.3 is 9.47 Å². The number of pyridine rings is 1. The molecule has 21 heavy (non-hydrogen) atoms. The zero-order valence-electron chi connectivity index (χ0n) is 11.7. The summed E-state index contributed by atoms with van der Waals surface area (Å²) in [5.74, 6) is 0. The predicted octanol–water partition coefficient (Wildman–Crippen LogP) is 2.68. The molecule has 1 fully saturated rings. The van der Waals surface area contributed by atoms with Crippen LogP contribution >= 0.6 is 0 Å². The van der Waals surface area contributed by atoms with Crippen molar-refractivity contribution in [2.45, 2.75) is 6.29 Å². The van der Waals surface area contributed by atoms with Gasteiger partial charge in [0.1, 0.15) is 11.4 Å². The third-order valence-electron chi connectivity index (χ3n) is 3.70. The van der Waals surface area contributed by atoms with Gasteiger partial charge in [0.05, 0.1) is 18.7 Å². The second kappa shape index (κ2) is 4.95. The molecule has 0 bridgehead atoms. The van der Waals surface area contributed by atoms with Crippen LogP contribution in [0.2, 0.25) is 0 Å². The Morgan fingerprint density at radius 3 is 2.76 bits per heavy atom. The Labute approximate surface area is 122 Å². The van der Waals surface area contributed by atoms with E-state index in [1.54, 1.807) is 6.20 Å². The van der Waals surface area contributed by atoms with E-state index in [0.29, 0.717) is 13.2 Å². The molecule has 4 rings (SSSR count). The molecule has 0 radical (unpaired) electrons. The van der Waals surface area contributed by atoms with Crippen LogP contribution < -0.4 is 0 Å². The zero-order valence-corrected chi connectivity index (χ0v) is 11.7. The van der Waals surface area contributed by atoms with Crippen LogP contribution in [0.4, 0.5) is 0 Å². The Kier molecular flexibility index (Phi) is 2.94. The van der Waals surface area contributed by atoms with Crippen molar-refractivity contribution in [2.75, 3.05) is 13.2 Å². The van der Waals surface area contributed by atoms with Crippen LogP contribution in [-0.2, 0) is 16.5 Å². The molecule has 1 saturated heterocycles. The first-order valence-corrected chi connectivity index (χ1v) is 6.95. The lowest BCUT2D eigenvalue weighted by Gasteiger charge is -2.12. The molecule has 0 atom stereocenters. The average molecular weight is 281 g/mol. The summed E-state index contributed by atoms with van der Waals surface area (Å²) in [6, 6.07) is 12.1. The summed E-state index contributed by atoms with van der Waals surface area (Å²) in [6.45, 7) is 1.20. The van der Waals surface area contributed by atoms with E-state index in [2.05, 4.69) is 22.2 Å². The number of aryl methyl sites for hydroxylation is 1. The van der Waals surface area contributed by atoms with Crippen LogP contribution in [0.5, 0.6) is 0 Å². The lowest BCUT2D eigenvalue weighted by molar-refractivity contribution is -0.0468. The molecule has 0 aliphatic carbocycles. The van der Waals surface area contributed by atoms with E-state index in [1.807, 2.05) is 36.0 Å². The fourth-order valence-corrected chi connectivity index (χ4v) is 2.73. The molecule has 5 heteroatoms. The largest absolute Gasteiger partial charge is 0.345 e. The van der Waals surface area contributed by atoms with Gasteiger partial charge >= 0.3 is 0 Å². The van der Waals surface area contributed by atoms with Crippen molar-refractivity contribution in [3.05, 3.63) is 48.3 Å². The summed E-state index contributed by atoms with van der Waals surface area (Å²) in [6.07, 6.45) is 1.36. The normalized spacial score (nSPS) is 15.9. The maximum Gasteiger partial charge on any atom is 0.201 e. The lowest BCUT2D eigenvalue weighted by Crippen LogP contribution is -2.04. The molecular weight excluding hydrogens is 266 g/mol. The quantitative estimate of drug-likeness (QED) is 0.724. The molecule has 3 heterocycles. The topological polar surface area (TPSA) is 49.2 Å². The van der Waals surface area contributed by atoms with Gasteiger partial charge in [-0.1, -0.05) is 18.2 Å². The van der Waals surface area contributed by atoms with Crippen LogP contribution in [0.3, 0.4) is 0 Å². The summed E-state index contributed by atoms with van der Waals surface area (Å²) < 4.78 is 13.1. The molecule has 106 valence electrons. The molecule has 0 N–H and O–H groups in total. The Morgan fingerprint density at radius 2 is 1.90 bits per heavy atom. The minimum Gasteiger partial charge on any atom is -0.345 e. The second-order valence-electron chi connectivity index (χ2n) is 5.00. The van der Waals surface area contributed by atoms with Gasteiger partial charge in [-0.2, -0.15) is 5.10 Å². The molecule has 1 aliphatic rings. The first kappa shape index (κ1) is 12.5. The van der Waals surface area contributed by atoms with Gasteiger partial charge in [0.25, 0.3) is 0 Å². The fourth-order valence-electron chi connectivity index (χ4n) is 2.73. The Hall–Kier alpha value is -2.24. The van der Waals surface area contributed by atoms with Crippen LogP contribution in [-0.4, -0.2) is 28.0 Å². The van der Waals surface area contributed by atoms with Gasteiger partial charge in [-0.05, 0) is 18.2 Å². The summed E-state index contributed by atoms with van der Waals surface area (Å²) in [4.78, 5) is 4.45. The van der Waals surface area contributed by atoms with Gasteiger partial charge in [-0.3, -0.25) is 9.67 Å². The highest BCUT2D eigenvalue weighted by atomic mass is 16.7. The van der Waals surface area contributed by atoms with E-state index in [9.17, 15) is 0 Å². The summed E-state index contributed by atoms with van der Waals surface area (Å²) in [5.41, 5.74) is 3.76. The van der Waals surface area contributed by atoms with E-state index in [1.165, 1.54) is 0 Å². The van der Waals surface area contributed by atoms with E-state index in [-0.39, 0.29) is 0 Å². The second-order valence-corrected chi connectivity index (χ2v) is 5.00. The number of ether oxygens (including phenoxy) is 2. The minimum absolute atomic E-state index is 0.401. The zero-order chi connectivity index (χ0) is 14.2. The summed E-state index contributed by atoms with van der Waals surface area (Å²) in [5, 5.41) is 5.76. The number of aromatic nitrogens is 3. The van der Waals surface area contributed by atoms with Crippen molar-refractivity contribution in [1.82, 2.24) is 14.8 Å². The molecule has 0 saturated carbocycles.